The van der Waals surface area contributed by atoms with Gasteiger partial charge in [0.1, 0.15) is 12.4 Å². The lowest BCUT2D eigenvalue weighted by atomic mass is 10.2. The maximum Gasteiger partial charge on any atom is 0.138 e. The van der Waals surface area contributed by atoms with E-state index in [0.29, 0.717) is 11.6 Å². The van der Waals surface area contributed by atoms with Crippen molar-refractivity contribution in [2.24, 2.45) is 5.73 Å². The molecule has 0 fully saturated rings. The van der Waals surface area contributed by atoms with Crippen molar-refractivity contribution >= 4 is 27.5 Å². The fraction of sp³-hybridized carbons (Fsp3) is 0.200. The molecule has 2 N–H and O–H groups in total. The standard InChI is InChI=1S/C10H11BrClNO/c1-7(12)6-14-10-8(5-13)3-2-4-9(10)11/h2-4H,1,5-6,13H2. The maximum atomic E-state index is 5.61. The number of hydrogen-bond acceptors (Lipinski definition) is 2. The highest BCUT2D eigenvalue weighted by molar-refractivity contribution is 9.10. The minimum atomic E-state index is 0.289. The van der Waals surface area contributed by atoms with E-state index in [2.05, 4.69) is 22.5 Å². The van der Waals surface area contributed by atoms with Crippen LogP contribution in [0, 0.1) is 0 Å². The molecule has 0 saturated carbocycles. The number of hydrogen-bond donors (Lipinski definition) is 1. The van der Waals surface area contributed by atoms with Crippen LogP contribution in [0.4, 0.5) is 0 Å². The van der Waals surface area contributed by atoms with Gasteiger partial charge in [-0.3, -0.25) is 0 Å². The number of ether oxygens (including phenoxy) is 1. The van der Waals surface area contributed by atoms with Crippen molar-refractivity contribution in [3.63, 3.8) is 0 Å². The summed E-state index contributed by atoms with van der Waals surface area (Å²) in [4.78, 5) is 0. The van der Waals surface area contributed by atoms with Gasteiger partial charge in [0.2, 0.25) is 0 Å². The Morgan fingerprint density at radius 3 is 2.86 bits per heavy atom. The van der Waals surface area contributed by atoms with Crippen LogP contribution in [0.3, 0.4) is 0 Å². The molecule has 0 heterocycles. The third-order valence-electron chi connectivity index (χ3n) is 1.64. The van der Waals surface area contributed by atoms with Gasteiger partial charge in [-0.2, -0.15) is 0 Å². The third kappa shape index (κ3) is 3.01. The molecule has 0 aliphatic heterocycles. The van der Waals surface area contributed by atoms with E-state index in [1.165, 1.54) is 0 Å². The Kier molecular flexibility index (Phi) is 4.45. The van der Waals surface area contributed by atoms with Crippen LogP contribution in [0.25, 0.3) is 0 Å². The normalized spacial score (nSPS) is 9.93. The first kappa shape index (κ1) is 11.6. The Hall–Kier alpha value is -0.510. The van der Waals surface area contributed by atoms with Crippen LogP contribution >= 0.6 is 27.5 Å². The number of nitrogens with two attached hydrogens (primary N) is 1. The molecule has 0 spiro atoms. The highest BCUT2D eigenvalue weighted by Gasteiger charge is 2.06. The lowest BCUT2D eigenvalue weighted by Crippen LogP contribution is -2.04. The molecular formula is C10H11BrClNO. The Morgan fingerprint density at radius 2 is 2.29 bits per heavy atom. The summed E-state index contributed by atoms with van der Waals surface area (Å²) in [5.74, 6) is 0.733. The molecule has 4 heteroatoms. The van der Waals surface area contributed by atoms with Gasteiger partial charge in [0.25, 0.3) is 0 Å². The molecule has 76 valence electrons. The van der Waals surface area contributed by atoms with E-state index in [1.54, 1.807) is 0 Å². The summed E-state index contributed by atoms with van der Waals surface area (Å²) in [5, 5.41) is 0.462. The molecule has 0 radical (unpaired) electrons. The number of rotatable bonds is 4. The van der Waals surface area contributed by atoms with Crippen LogP contribution in [-0.4, -0.2) is 6.61 Å². The highest BCUT2D eigenvalue weighted by atomic mass is 79.9. The fourth-order valence-corrected chi connectivity index (χ4v) is 1.60. The van der Waals surface area contributed by atoms with Crippen LogP contribution in [0.1, 0.15) is 5.56 Å². The monoisotopic (exact) mass is 275 g/mol. The molecule has 1 aromatic carbocycles. The SMILES string of the molecule is C=C(Cl)COc1c(Br)cccc1CN. The van der Waals surface area contributed by atoms with Crippen molar-refractivity contribution in [1.29, 1.82) is 0 Å². The molecule has 0 aromatic heterocycles. The van der Waals surface area contributed by atoms with Gasteiger partial charge in [-0.1, -0.05) is 30.3 Å². The smallest absolute Gasteiger partial charge is 0.138 e. The average Bonchev–Trinajstić information content (AvgIpc) is 2.15. The molecule has 0 unspecified atom stereocenters. The van der Waals surface area contributed by atoms with E-state index >= 15 is 0 Å². The molecule has 0 aliphatic carbocycles. The second kappa shape index (κ2) is 5.39. The van der Waals surface area contributed by atoms with E-state index < -0.39 is 0 Å². The van der Waals surface area contributed by atoms with Gasteiger partial charge >= 0.3 is 0 Å². The summed E-state index contributed by atoms with van der Waals surface area (Å²) in [7, 11) is 0. The van der Waals surface area contributed by atoms with Gasteiger partial charge in [0.15, 0.2) is 0 Å². The van der Waals surface area contributed by atoms with E-state index in [4.69, 9.17) is 22.1 Å². The second-order valence-corrected chi connectivity index (χ2v) is 4.13. The topological polar surface area (TPSA) is 35.2 Å². The number of halogens is 2. The van der Waals surface area contributed by atoms with E-state index in [-0.39, 0.29) is 6.61 Å². The fourth-order valence-electron chi connectivity index (χ4n) is 1.03. The van der Waals surface area contributed by atoms with Crippen molar-refractivity contribution in [1.82, 2.24) is 0 Å². The first-order valence-corrected chi connectivity index (χ1v) is 5.25. The minimum Gasteiger partial charge on any atom is -0.486 e. The Morgan fingerprint density at radius 1 is 1.57 bits per heavy atom. The summed E-state index contributed by atoms with van der Waals surface area (Å²) < 4.78 is 6.34. The molecule has 0 amide bonds. The van der Waals surface area contributed by atoms with Gasteiger partial charge in [-0.15, -0.1) is 0 Å². The van der Waals surface area contributed by atoms with Crippen LogP contribution < -0.4 is 10.5 Å². The zero-order chi connectivity index (χ0) is 10.6. The van der Waals surface area contributed by atoms with Crippen molar-refractivity contribution in [3.05, 3.63) is 39.8 Å². The van der Waals surface area contributed by atoms with Crippen molar-refractivity contribution in [2.75, 3.05) is 6.61 Å². The van der Waals surface area contributed by atoms with Crippen molar-refractivity contribution < 1.29 is 4.74 Å². The van der Waals surface area contributed by atoms with Crippen LogP contribution in [0.15, 0.2) is 34.3 Å². The molecule has 1 rings (SSSR count). The zero-order valence-electron chi connectivity index (χ0n) is 7.59. The van der Waals surface area contributed by atoms with Gasteiger partial charge < -0.3 is 10.5 Å². The summed E-state index contributed by atoms with van der Waals surface area (Å²) in [6.45, 7) is 4.27. The van der Waals surface area contributed by atoms with Crippen LogP contribution in [0.2, 0.25) is 0 Å². The first-order valence-electron chi connectivity index (χ1n) is 4.08. The van der Waals surface area contributed by atoms with E-state index in [9.17, 15) is 0 Å². The average molecular weight is 277 g/mol. The van der Waals surface area contributed by atoms with Crippen molar-refractivity contribution in [3.8, 4) is 5.75 Å². The van der Waals surface area contributed by atoms with Gasteiger partial charge in [0, 0.05) is 17.1 Å². The summed E-state index contributed by atoms with van der Waals surface area (Å²) in [5.41, 5.74) is 6.51. The summed E-state index contributed by atoms with van der Waals surface area (Å²) >= 11 is 8.99. The predicted molar refractivity (Wildman–Crippen MR) is 62.5 cm³/mol. The lowest BCUT2D eigenvalue weighted by molar-refractivity contribution is 0.353. The largest absolute Gasteiger partial charge is 0.486 e. The Bertz CT molecular complexity index is 341. The molecule has 14 heavy (non-hydrogen) atoms. The summed E-state index contributed by atoms with van der Waals surface area (Å²) in [6.07, 6.45) is 0. The quantitative estimate of drug-likeness (QED) is 0.917. The van der Waals surface area contributed by atoms with Crippen LogP contribution in [0.5, 0.6) is 5.75 Å². The van der Waals surface area contributed by atoms with Crippen LogP contribution in [-0.2, 0) is 6.54 Å². The second-order valence-electron chi connectivity index (χ2n) is 2.74. The third-order valence-corrected chi connectivity index (χ3v) is 2.38. The molecular weight excluding hydrogens is 265 g/mol. The van der Waals surface area contributed by atoms with Gasteiger partial charge in [-0.25, -0.2) is 0 Å². The van der Waals surface area contributed by atoms with Gasteiger partial charge in [-0.05, 0) is 22.0 Å². The first-order chi connectivity index (χ1) is 6.65. The summed E-state index contributed by atoms with van der Waals surface area (Å²) in [6, 6.07) is 5.72. The molecule has 0 bridgehead atoms. The number of benzene rings is 1. The van der Waals surface area contributed by atoms with Crippen molar-refractivity contribution in [2.45, 2.75) is 6.54 Å². The molecule has 0 atom stereocenters. The molecule has 0 saturated heterocycles. The molecule has 1 aromatic rings. The highest BCUT2D eigenvalue weighted by Crippen LogP contribution is 2.29. The Labute approximate surface area is 96.8 Å². The Balaban J connectivity index is 2.87. The molecule has 0 aliphatic rings. The minimum absolute atomic E-state index is 0.289. The van der Waals surface area contributed by atoms with Gasteiger partial charge in [0.05, 0.1) is 4.47 Å². The molecule has 2 nitrogen and oxygen atoms in total. The lowest BCUT2D eigenvalue weighted by Gasteiger charge is -2.11. The van der Waals surface area contributed by atoms with E-state index in [1.807, 2.05) is 18.2 Å². The number of para-hydroxylation sites is 1. The maximum absolute atomic E-state index is 5.61. The zero-order valence-corrected chi connectivity index (χ0v) is 9.94. The predicted octanol–water partition coefficient (Wildman–Crippen LogP) is 3.04. The van der Waals surface area contributed by atoms with E-state index in [0.717, 1.165) is 15.8 Å².